The molecule has 0 aliphatic rings. The quantitative estimate of drug-likeness (QED) is 0.646. The summed E-state index contributed by atoms with van der Waals surface area (Å²) in [5.41, 5.74) is 3.14. The van der Waals surface area contributed by atoms with Gasteiger partial charge in [-0.15, -0.1) is 0 Å². The number of benzene rings is 1. The summed E-state index contributed by atoms with van der Waals surface area (Å²) in [6.45, 7) is 2.50. The predicted molar refractivity (Wildman–Crippen MR) is 85.2 cm³/mol. The second-order valence-electron chi connectivity index (χ2n) is 4.64. The Morgan fingerprint density at radius 1 is 1.29 bits per heavy atom. The Morgan fingerprint density at radius 3 is 2.81 bits per heavy atom. The van der Waals surface area contributed by atoms with Crippen LogP contribution in [0.3, 0.4) is 0 Å². The highest BCUT2D eigenvalue weighted by Crippen LogP contribution is 2.23. The van der Waals surface area contributed by atoms with Gasteiger partial charge in [0.2, 0.25) is 0 Å². The molecule has 0 aliphatic heterocycles. The van der Waals surface area contributed by atoms with Gasteiger partial charge in [0.05, 0.1) is 18.2 Å². The number of nitriles is 1. The summed E-state index contributed by atoms with van der Waals surface area (Å²) in [6.07, 6.45) is 0. The van der Waals surface area contributed by atoms with Crippen LogP contribution in [0.15, 0.2) is 34.9 Å². The zero-order valence-corrected chi connectivity index (χ0v) is 13.5. The number of hydrogen-bond acceptors (Lipinski definition) is 3. The second-order valence-corrected chi connectivity index (χ2v) is 5.86. The number of fused-ring (bicyclic) bond motifs is 1. The van der Waals surface area contributed by atoms with E-state index in [2.05, 4.69) is 32.0 Å². The van der Waals surface area contributed by atoms with Crippen LogP contribution in [0, 0.1) is 18.3 Å². The van der Waals surface area contributed by atoms with Crippen LogP contribution in [0.2, 0.25) is 5.02 Å². The van der Waals surface area contributed by atoms with E-state index in [0.717, 1.165) is 27.2 Å². The monoisotopic (exact) mass is 360 g/mol. The van der Waals surface area contributed by atoms with Gasteiger partial charge in [0.25, 0.3) is 0 Å². The van der Waals surface area contributed by atoms with Gasteiger partial charge in [-0.05, 0) is 52.7 Å². The molecular formula is C15H10BrClN4. The Morgan fingerprint density at radius 2 is 2.10 bits per heavy atom. The maximum absolute atomic E-state index is 8.89. The van der Waals surface area contributed by atoms with E-state index in [1.807, 2.05) is 29.7 Å². The second kappa shape index (κ2) is 5.47. The zero-order valence-electron chi connectivity index (χ0n) is 11.1. The summed E-state index contributed by atoms with van der Waals surface area (Å²) in [6, 6.07) is 11.2. The van der Waals surface area contributed by atoms with Crippen LogP contribution in [0.1, 0.15) is 17.0 Å². The minimum atomic E-state index is 0.553. The van der Waals surface area contributed by atoms with Crippen molar-refractivity contribution in [1.82, 2.24) is 14.5 Å². The van der Waals surface area contributed by atoms with Crippen LogP contribution in [-0.4, -0.2) is 14.5 Å². The molecule has 4 nitrogen and oxygen atoms in total. The van der Waals surface area contributed by atoms with Gasteiger partial charge in [-0.1, -0.05) is 17.7 Å². The standard InChI is InChI=1S/C15H10BrClN4/c1-9-19-13-4-5-14(16)20-15(13)21(9)8-11-3-2-10(7-18)6-12(11)17/h2-6H,8H2,1H3. The Balaban J connectivity index is 2.08. The van der Waals surface area contributed by atoms with Gasteiger partial charge in [-0.2, -0.15) is 5.26 Å². The first-order chi connectivity index (χ1) is 10.1. The van der Waals surface area contributed by atoms with Gasteiger partial charge >= 0.3 is 0 Å². The fraction of sp³-hybridized carbons (Fsp3) is 0.133. The van der Waals surface area contributed by atoms with Crippen molar-refractivity contribution in [3.05, 3.63) is 56.9 Å². The maximum Gasteiger partial charge on any atom is 0.161 e. The highest BCUT2D eigenvalue weighted by molar-refractivity contribution is 9.10. The van der Waals surface area contributed by atoms with E-state index in [9.17, 15) is 0 Å². The molecule has 0 radical (unpaired) electrons. The van der Waals surface area contributed by atoms with Crippen LogP contribution < -0.4 is 0 Å². The van der Waals surface area contributed by atoms with E-state index in [-0.39, 0.29) is 0 Å². The predicted octanol–water partition coefficient (Wildman–Crippen LogP) is 4.08. The third kappa shape index (κ3) is 2.65. The first kappa shape index (κ1) is 14.1. The highest BCUT2D eigenvalue weighted by Gasteiger charge is 2.11. The number of aryl methyl sites for hydroxylation is 1. The summed E-state index contributed by atoms with van der Waals surface area (Å²) in [7, 11) is 0. The van der Waals surface area contributed by atoms with E-state index < -0.39 is 0 Å². The third-order valence-corrected chi connectivity index (χ3v) is 4.05. The first-order valence-electron chi connectivity index (χ1n) is 6.26. The van der Waals surface area contributed by atoms with Crippen LogP contribution >= 0.6 is 27.5 Å². The molecule has 3 rings (SSSR count). The summed E-state index contributed by atoms with van der Waals surface area (Å²) in [5.74, 6) is 0.871. The minimum absolute atomic E-state index is 0.553. The Bertz CT molecular complexity index is 879. The number of pyridine rings is 1. The molecule has 2 aromatic heterocycles. The van der Waals surface area contributed by atoms with Crippen molar-refractivity contribution in [1.29, 1.82) is 5.26 Å². The lowest BCUT2D eigenvalue weighted by Gasteiger charge is -2.08. The van der Waals surface area contributed by atoms with E-state index in [1.54, 1.807) is 12.1 Å². The lowest BCUT2D eigenvalue weighted by molar-refractivity contribution is 0.777. The SMILES string of the molecule is Cc1nc2ccc(Br)nc2n1Cc1ccc(C#N)cc1Cl. The highest BCUT2D eigenvalue weighted by atomic mass is 79.9. The molecule has 0 saturated heterocycles. The zero-order chi connectivity index (χ0) is 15.0. The molecule has 1 aromatic carbocycles. The molecule has 0 saturated carbocycles. The number of hydrogen-bond donors (Lipinski definition) is 0. The van der Waals surface area contributed by atoms with Crippen molar-refractivity contribution >= 4 is 38.7 Å². The molecule has 0 unspecified atom stereocenters. The van der Waals surface area contributed by atoms with Crippen LogP contribution in [-0.2, 0) is 6.54 Å². The van der Waals surface area contributed by atoms with Gasteiger partial charge in [-0.25, -0.2) is 9.97 Å². The molecule has 21 heavy (non-hydrogen) atoms. The molecule has 0 N–H and O–H groups in total. The van der Waals surface area contributed by atoms with Gasteiger partial charge in [0, 0.05) is 5.02 Å². The number of nitrogens with zero attached hydrogens (tertiary/aromatic N) is 4. The van der Waals surface area contributed by atoms with Gasteiger partial charge < -0.3 is 4.57 Å². The van der Waals surface area contributed by atoms with Crippen molar-refractivity contribution in [2.24, 2.45) is 0 Å². The van der Waals surface area contributed by atoms with Crippen LogP contribution in [0.4, 0.5) is 0 Å². The smallest absolute Gasteiger partial charge is 0.161 e. The molecule has 104 valence electrons. The Hall–Kier alpha value is -1.90. The summed E-state index contributed by atoms with van der Waals surface area (Å²) in [4.78, 5) is 8.98. The molecule has 0 fully saturated rings. The number of rotatable bonds is 2. The normalized spacial score (nSPS) is 10.8. The first-order valence-corrected chi connectivity index (χ1v) is 7.43. The van der Waals surface area contributed by atoms with E-state index in [4.69, 9.17) is 16.9 Å². The van der Waals surface area contributed by atoms with Crippen molar-refractivity contribution in [2.45, 2.75) is 13.5 Å². The number of aromatic nitrogens is 3. The molecule has 2 heterocycles. The number of halogens is 2. The fourth-order valence-corrected chi connectivity index (χ4v) is 2.74. The van der Waals surface area contributed by atoms with Gasteiger partial charge in [0.15, 0.2) is 5.65 Å². The van der Waals surface area contributed by atoms with E-state index >= 15 is 0 Å². The molecule has 0 amide bonds. The van der Waals surface area contributed by atoms with Crippen molar-refractivity contribution < 1.29 is 0 Å². The molecule has 3 aromatic rings. The molecular weight excluding hydrogens is 352 g/mol. The summed E-state index contributed by atoms with van der Waals surface area (Å²) in [5, 5.41) is 9.46. The topological polar surface area (TPSA) is 54.5 Å². The maximum atomic E-state index is 8.89. The molecule has 0 spiro atoms. The average molecular weight is 362 g/mol. The Kier molecular flexibility index (Phi) is 3.66. The lowest BCUT2D eigenvalue weighted by atomic mass is 10.1. The molecule has 6 heteroatoms. The van der Waals surface area contributed by atoms with Gasteiger partial charge in [-0.3, -0.25) is 0 Å². The van der Waals surface area contributed by atoms with Crippen molar-refractivity contribution in [2.75, 3.05) is 0 Å². The minimum Gasteiger partial charge on any atom is -0.308 e. The largest absolute Gasteiger partial charge is 0.308 e. The fourth-order valence-electron chi connectivity index (χ4n) is 2.20. The molecule has 0 atom stereocenters. The average Bonchev–Trinajstić information content (AvgIpc) is 2.77. The van der Waals surface area contributed by atoms with E-state index in [1.165, 1.54) is 0 Å². The van der Waals surface area contributed by atoms with Crippen molar-refractivity contribution in [3.8, 4) is 6.07 Å². The van der Waals surface area contributed by atoms with E-state index in [0.29, 0.717) is 17.1 Å². The summed E-state index contributed by atoms with van der Waals surface area (Å²) < 4.78 is 2.77. The number of imidazole rings is 1. The van der Waals surface area contributed by atoms with Crippen LogP contribution in [0.25, 0.3) is 11.2 Å². The molecule has 0 bridgehead atoms. The third-order valence-electron chi connectivity index (χ3n) is 3.26. The Labute approximate surface area is 135 Å². The van der Waals surface area contributed by atoms with Gasteiger partial charge in [0.1, 0.15) is 15.9 Å². The molecule has 0 aliphatic carbocycles. The van der Waals surface area contributed by atoms with Crippen LogP contribution in [0.5, 0.6) is 0 Å². The van der Waals surface area contributed by atoms with Crippen molar-refractivity contribution in [3.63, 3.8) is 0 Å². The summed E-state index contributed by atoms with van der Waals surface area (Å²) >= 11 is 9.63. The lowest BCUT2D eigenvalue weighted by Crippen LogP contribution is -2.04.